The molecule has 6 nitrogen and oxygen atoms in total. The van der Waals surface area contributed by atoms with Gasteiger partial charge in [0.2, 0.25) is 0 Å². The second kappa shape index (κ2) is 5.92. The maximum atomic E-state index is 12.3. The zero-order chi connectivity index (χ0) is 16.4. The first-order valence-corrected chi connectivity index (χ1v) is 7.14. The maximum absolute atomic E-state index is 12.3. The van der Waals surface area contributed by atoms with E-state index in [1.807, 2.05) is 0 Å². The lowest BCUT2D eigenvalue weighted by Gasteiger charge is -2.18. The average molecular weight is 310 g/mol. The lowest BCUT2D eigenvalue weighted by atomic mass is 10.1. The van der Waals surface area contributed by atoms with Crippen molar-refractivity contribution in [3.05, 3.63) is 65.2 Å². The van der Waals surface area contributed by atoms with Crippen LogP contribution in [0.15, 0.2) is 48.5 Å². The third kappa shape index (κ3) is 2.55. The van der Waals surface area contributed by atoms with Crippen LogP contribution in [-0.4, -0.2) is 29.4 Å². The molecule has 1 aliphatic rings. The molecule has 0 saturated carbocycles. The Morgan fingerprint density at radius 1 is 1.00 bits per heavy atom. The molecule has 1 N–H and O–H groups in total. The molecule has 0 aromatic heterocycles. The van der Waals surface area contributed by atoms with Crippen molar-refractivity contribution in [2.45, 2.75) is 6.92 Å². The molecule has 3 rings (SSSR count). The molecule has 0 spiro atoms. The Hall–Kier alpha value is -3.15. The first kappa shape index (κ1) is 14.8. The Balaban J connectivity index is 1.91. The second-order valence-corrected chi connectivity index (χ2v) is 4.87. The van der Waals surface area contributed by atoms with E-state index >= 15 is 0 Å². The largest absolute Gasteiger partial charge is 0.462 e. The van der Waals surface area contributed by atoms with Crippen LogP contribution < -0.4 is 5.43 Å². The zero-order valence-electron chi connectivity index (χ0n) is 12.4. The van der Waals surface area contributed by atoms with E-state index < -0.39 is 17.8 Å². The topological polar surface area (TPSA) is 75.7 Å². The Bertz CT molecular complexity index is 766. The number of imide groups is 1. The molecule has 2 aromatic rings. The molecule has 0 unspecified atom stereocenters. The van der Waals surface area contributed by atoms with Crippen molar-refractivity contribution >= 4 is 23.5 Å². The summed E-state index contributed by atoms with van der Waals surface area (Å²) in [5.74, 6) is -1.43. The molecule has 23 heavy (non-hydrogen) atoms. The number of esters is 1. The van der Waals surface area contributed by atoms with Crippen molar-refractivity contribution in [3.8, 4) is 0 Å². The van der Waals surface area contributed by atoms with Gasteiger partial charge in [0.25, 0.3) is 11.8 Å². The second-order valence-electron chi connectivity index (χ2n) is 4.87. The van der Waals surface area contributed by atoms with Gasteiger partial charge in [-0.15, -0.1) is 0 Å². The Morgan fingerprint density at radius 2 is 1.57 bits per heavy atom. The summed E-state index contributed by atoms with van der Waals surface area (Å²) in [5.41, 5.74) is 3.98. The maximum Gasteiger partial charge on any atom is 0.340 e. The summed E-state index contributed by atoms with van der Waals surface area (Å²) in [7, 11) is 0. The van der Waals surface area contributed by atoms with Gasteiger partial charge in [-0.25, -0.2) is 4.79 Å². The van der Waals surface area contributed by atoms with Gasteiger partial charge in [-0.3, -0.25) is 15.0 Å². The zero-order valence-corrected chi connectivity index (χ0v) is 12.4. The fourth-order valence-corrected chi connectivity index (χ4v) is 2.38. The van der Waals surface area contributed by atoms with E-state index in [0.717, 1.165) is 5.01 Å². The highest BCUT2D eigenvalue weighted by molar-refractivity contribution is 6.22. The number of anilines is 1. The molecule has 1 heterocycles. The van der Waals surface area contributed by atoms with Gasteiger partial charge in [0.05, 0.1) is 29.0 Å². The molecule has 0 radical (unpaired) electrons. The van der Waals surface area contributed by atoms with Crippen LogP contribution in [0.4, 0.5) is 5.69 Å². The summed E-state index contributed by atoms with van der Waals surface area (Å²) in [5, 5.41) is 0.905. The molecule has 116 valence electrons. The Morgan fingerprint density at radius 3 is 2.17 bits per heavy atom. The average Bonchev–Trinajstić information content (AvgIpc) is 2.81. The summed E-state index contributed by atoms with van der Waals surface area (Å²) in [6.45, 7) is 1.94. The number of hydrazine groups is 1. The third-order valence-electron chi connectivity index (χ3n) is 3.45. The number of nitrogens with one attached hydrogen (secondary N) is 1. The fourth-order valence-electron chi connectivity index (χ4n) is 2.38. The molecular weight excluding hydrogens is 296 g/mol. The van der Waals surface area contributed by atoms with Gasteiger partial charge >= 0.3 is 5.97 Å². The van der Waals surface area contributed by atoms with Crippen LogP contribution in [0.2, 0.25) is 0 Å². The number of para-hydroxylation sites is 1. The highest BCUT2D eigenvalue weighted by Gasteiger charge is 2.36. The Labute approximate surface area is 132 Å². The van der Waals surface area contributed by atoms with E-state index in [1.165, 1.54) is 0 Å². The molecule has 0 fully saturated rings. The molecule has 0 bridgehead atoms. The van der Waals surface area contributed by atoms with Gasteiger partial charge in [-0.05, 0) is 31.2 Å². The summed E-state index contributed by atoms with van der Waals surface area (Å²) >= 11 is 0. The van der Waals surface area contributed by atoms with Crippen LogP contribution in [0, 0.1) is 0 Å². The van der Waals surface area contributed by atoms with Gasteiger partial charge in [0.1, 0.15) is 0 Å². The van der Waals surface area contributed by atoms with E-state index in [9.17, 15) is 14.4 Å². The minimum Gasteiger partial charge on any atom is -0.462 e. The standard InChI is InChI=1S/C17H14N2O4/c1-2-23-17(22)13-9-5-6-10-14(13)18-19-15(20)11-7-3-4-8-12(11)16(19)21/h3-10,18H,2H2,1H3. The van der Waals surface area contributed by atoms with Crippen LogP contribution in [0.5, 0.6) is 0 Å². The van der Waals surface area contributed by atoms with Crippen molar-refractivity contribution in [2.75, 3.05) is 12.0 Å². The third-order valence-corrected chi connectivity index (χ3v) is 3.45. The number of hydrogen-bond donors (Lipinski definition) is 1. The van der Waals surface area contributed by atoms with Crippen LogP contribution >= 0.6 is 0 Å². The molecule has 2 amide bonds. The van der Waals surface area contributed by atoms with Crippen molar-refractivity contribution in [2.24, 2.45) is 0 Å². The number of nitrogens with zero attached hydrogens (tertiary/aromatic N) is 1. The van der Waals surface area contributed by atoms with Crippen LogP contribution in [0.1, 0.15) is 38.0 Å². The predicted octanol–water partition coefficient (Wildman–Crippen LogP) is 2.49. The number of carbonyl (C=O) groups excluding carboxylic acids is 3. The molecule has 0 aliphatic carbocycles. The van der Waals surface area contributed by atoms with E-state index in [1.54, 1.807) is 55.5 Å². The summed E-state index contributed by atoms with van der Waals surface area (Å²) in [6.07, 6.45) is 0. The monoisotopic (exact) mass is 310 g/mol. The van der Waals surface area contributed by atoms with Crippen molar-refractivity contribution in [1.82, 2.24) is 5.01 Å². The van der Waals surface area contributed by atoms with Crippen LogP contribution in [0.25, 0.3) is 0 Å². The molecular formula is C17H14N2O4. The van der Waals surface area contributed by atoms with Gasteiger partial charge in [-0.2, -0.15) is 5.01 Å². The predicted molar refractivity (Wildman–Crippen MR) is 83.0 cm³/mol. The first-order valence-electron chi connectivity index (χ1n) is 7.14. The highest BCUT2D eigenvalue weighted by atomic mass is 16.5. The van der Waals surface area contributed by atoms with Crippen molar-refractivity contribution in [1.29, 1.82) is 0 Å². The quantitative estimate of drug-likeness (QED) is 0.693. The number of benzene rings is 2. The normalized spacial score (nSPS) is 13.0. The number of hydrogen-bond acceptors (Lipinski definition) is 5. The van der Waals surface area contributed by atoms with E-state index in [4.69, 9.17) is 4.74 Å². The number of carbonyl (C=O) groups is 3. The SMILES string of the molecule is CCOC(=O)c1ccccc1NN1C(=O)c2ccccc2C1=O. The van der Waals surface area contributed by atoms with Gasteiger partial charge in [0, 0.05) is 0 Å². The van der Waals surface area contributed by atoms with E-state index in [-0.39, 0.29) is 12.2 Å². The smallest absolute Gasteiger partial charge is 0.340 e. The Kier molecular flexibility index (Phi) is 3.80. The molecule has 1 aliphatic heterocycles. The molecule has 0 saturated heterocycles. The lowest BCUT2D eigenvalue weighted by molar-refractivity contribution is 0.0524. The molecule has 2 aromatic carbocycles. The summed E-state index contributed by atoms with van der Waals surface area (Å²) < 4.78 is 4.98. The van der Waals surface area contributed by atoms with Gasteiger partial charge in [-0.1, -0.05) is 24.3 Å². The number of rotatable bonds is 4. The number of fused-ring (bicyclic) bond motifs is 1. The van der Waals surface area contributed by atoms with Crippen molar-refractivity contribution in [3.63, 3.8) is 0 Å². The minimum atomic E-state index is -0.521. The van der Waals surface area contributed by atoms with Gasteiger partial charge < -0.3 is 4.74 Å². The van der Waals surface area contributed by atoms with E-state index in [0.29, 0.717) is 16.8 Å². The molecule has 0 atom stereocenters. The number of amides is 2. The minimum absolute atomic E-state index is 0.236. The van der Waals surface area contributed by atoms with E-state index in [2.05, 4.69) is 5.43 Å². The van der Waals surface area contributed by atoms with Crippen molar-refractivity contribution < 1.29 is 19.1 Å². The lowest BCUT2D eigenvalue weighted by Crippen LogP contribution is -2.36. The number of ether oxygens (including phenoxy) is 1. The summed E-state index contributed by atoms with van der Waals surface area (Å²) in [4.78, 5) is 36.7. The van der Waals surface area contributed by atoms with Crippen LogP contribution in [-0.2, 0) is 4.74 Å². The fraction of sp³-hybridized carbons (Fsp3) is 0.118. The van der Waals surface area contributed by atoms with Crippen LogP contribution in [0.3, 0.4) is 0 Å². The first-order chi connectivity index (χ1) is 11.1. The molecule has 6 heteroatoms. The highest BCUT2D eigenvalue weighted by Crippen LogP contribution is 2.25. The van der Waals surface area contributed by atoms with Gasteiger partial charge in [0.15, 0.2) is 0 Å². The summed E-state index contributed by atoms with van der Waals surface area (Å²) in [6, 6.07) is 13.1.